The molecule has 1 spiro atoms. The van der Waals surface area contributed by atoms with Crippen molar-refractivity contribution in [3.05, 3.63) is 136 Å². The highest BCUT2D eigenvalue weighted by Gasteiger charge is 2.71. The number of aryl methyl sites for hydroxylation is 1. The van der Waals surface area contributed by atoms with E-state index in [1.165, 1.54) is 19.2 Å². The second-order valence-corrected chi connectivity index (χ2v) is 10.9. The fraction of sp³-hybridized carbons (Fsp3) is 0.171. The number of Topliss-reactive ketones (excluding diaryl/α,β-unsaturated/α-hetero) is 3. The number of nitrogens with zero attached hydrogens (tertiary/aromatic N) is 1. The Balaban J connectivity index is 1.54. The van der Waals surface area contributed by atoms with Crippen molar-refractivity contribution in [3.63, 3.8) is 0 Å². The summed E-state index contributed by atoms with van der Waals surface area (Å²) in [6.45, 7) is 1.96. The van der Waals surface area contributed by atoms with Gasteiger partial charge in [-0.3, -0.25) is 14.4 Å². The quantitative estimate of drug-likeness (QED) is 0.218. The number of rotatable bonds is 4. The van der Waals surface area contributed by atoms with Gasteiger partial charge in [0, 0.05) is 33.9 Å². The molecule has 4 aromatic rings. The summed E-state index contributed by atoms with van der Waals surface area (Å²) in [5.41, 5.74) is 2.45. The van der Waals surface area contributed by atoms with Crippen molar-refractivity contribution in [2.75, 3.05) is 12.0 Å². The Morgan fingerprint density at radius 2 is 1.59 bits per heavy atom. The van der Waals surface area contributed by atoms with Crippen molar-refractivity contribution >= 4 is 29.1 Å². The summed E-state index contributed by atoms with van der Waals surface area (Å²) in [6, 6.07) is 24.2. The van der Waals surface area contributed by atoms with Crippen LogP contribution in [0.5, 0.6) is 5.75 Å². The molecule has 202 valence electrons. The second kappa shape index (κ2) is 9.10. The van der Waals surface area contributed by atoms with Gasteiger partial charge in [0.2, 0.25) is 0 Å². The van der Waals surface area contributed by atoms with Crippen molar-refractivity contribution in [1.29, 1.82) is 0 Å². The summed E-state index contributed by atoms with van der Waals surface area (Å²) in [4.78, 5) is 45.9. The van der Waals surface area contributed by atoms with E-state index in [-0.39, 0.29) is 17.3 Å². The summed E-state index contributed by atoms with van der Waals surface area (Å²) in [7, 11) is 1.53. The lowest BCUT2D eigenvalue weighted by molar-refractivity contribution is 0.0666. The summed E-state index contributed by atoms with van der Waals surface area (Å²) < 4.78 is 19.8. The Kier molecular flexibility index (Phi) is 5.58. The summed E-state index contributed by atoms with van der Waals surface area (Å²) in [5.74, 6) is -1.55. The highest BCUT2D eigenvalue weighted by molar-refractivity contribution is 6.32. The number of carbonyl (C=O) groups is 3. The number of carbonyl (C=O) groups excluding carboxylic acids is 3. The number of ketones is 3. The van der Waals surface area contributed by atoms with Crippen LogP contribution in [0.3, 0.4) is 0 Å². The molecular weight excluding hydrogens is 517 g/mol. The van der Waals surface area contributed by atoms with Gasteiger partial charge in [-0.2, -0.15) is 0 Å². The van der Waals surface area contributed by atoms with Crippen LogP contribution in [0, 0.1) is 18.2 Å². The Morgan fingerprint density at radius 1 is 0.878 bits per heavy atom. The molecule has 0 radical (unpaired) electrons. The summed E-state index contributed by atoms with van der Waals surface area (Å²) in [5, 5.41) is 0. The normalized spacial score (nSPS) is 21.5. The van der Waals surface area contributed by atoms with Gasteiger partial charge in [0.15, 0.2) is 17.3 Å². The van der Waals surface area contributed by atoms with Crippen LogP contribution in [0.15, 0.2) is 97.1 Å². The Bertz CT molecular complexity index is 1760. The molecule has 1 aliphatic carbocycles. The lowest BCUT2D eigenvalue weighted by Gasteiger charge is -2.37. The fourth-order valence-corrected chi connectivity index (χ4v) is 7.04. The lowest BCUT2D eigenvalue weighted by atomic mass is 9.64. The van der Waals surface area contributed by atoms with Crippen LogP contribution in [0.2, 0.25) is 0 Å². The number of hydrogen-bond acceptors (Lipinski definition) is 5. The van der Waals surface area contributed by atoms with Gasteiger partial charge >= 0.3 is 0 Å². The van der Waals surface area contributed by atoms with E-state index in [1.54, 1.807) is 66.7 Å². The number of hydrogen-bond donors (Lipinski definition) is 0. The van der Waals surface area contributed by atoms with Gasteiger partial charge < -0.3 is 9.64 Å². The van der Waals surface area contributed by atoms with Gasteiger partial charge in [-0.25, -0.2) is 4.39 Å². The van der Waals surface area contributed by atoms with Gasteiger partial charge in [-0.15, -0.1) is 0 Å². The minimum atomic E-state index is -1.60. The topological polar surface area (TPSA) is 63.7 Å². The molecule has 0 amide bonds. The highest BCUT2D eigenvalue weighted by atomic mass is 19.1. The molecule has 2 heterocycles. The fourth-order valence-electron chi connectivity index (χ4n) is 7.04. The molecule has 0 saturated carbocycles. The molecule has 0 N–H and O–H groups in total. The Hall–Kier alpha value is -4.84. The highest BCUT2D eigenvalue weighted by Crippen LogP contribution is 2.61. The van der Waals surface area contributed by atoms with Crippen molar-refractivity contribution in [1.82, 2.24) is 0 Å². The number of anilines is 1. The molecule has 0 unspecified atom stereocenters. The average Bonchev–Trinajstić information content (AvgIpc) is 3.43. The zero-order valence-electron chi connectivity index (χ0n) is 22.5. The zero-order valence-corrected chi connectivity index (χ0v) is 22.5. The molecule has 1 saturated heterocycles. The third kappa shape index (κ3) is 3.43. The van der Waals surface area contributed by atoms with Gasteiger partial charge in [0.1, 0.15) is 23.0 Å². The SMILES string of the molecule is COc1cccc(C(=O)[C@@H]2[C@H](c3ccc(C)cc3)C3(C(=O)c4ccccc4C3=O)[C@@H]3C=Cc4cc(F)ccc4N23)c1. The first kappa shape index (κ1) is 25.1. The third-order valence-electron chi connectivity index (χ3n) is 8.83. The number of halogens is 1. The number of benzene rings is 4. The molecule has 0 aromatic heterocycles. The van der Waals surface area contributed by atoms with Gasteiger partial charge in [-0.05, 0) is 42.8 Å². The minimum Gasteiger partial charge on any atom is -0.497 e. The molecule has 7 rings (SSSR count). The summed E-state index contributed by atoms with van der Waals surface area (Å²) >= 11 is 0. The predicted molar refractivity (Wildman–Crippen MR) is 154 cm³/mol. The van der Waals surface area contributed by atoms with E-state index >= 15 is 0 Å². The standard InChI is InChI=1S/C35H26FNO4/c1-20-10-12-21(13-11-20)30-31(32(38)23-6-5-7-25(19-23)41-2)37-28-16-15-24(36)18-22(28)14-17-29(37)35(30)33(39)26-8-3-4-9-27(26)34(35)40/h3-19,29-31H,1-2H3/t29-,30-,31-/m0/s1. The van der Waals surface area contributed by atoms with Crippen molar-refractivity contribution in [3.8, 4) is 5.75 Å². The van der Waals surface area contributed by atoms with Crippen LogP contribution in [-0.4, -0.2) is 36.5 Å². The smallest absolute Gasteiger partial charge is 0.186 e. The second-order valence-electron chi connectivity index (χ2n) is 10.9. The Labute approximate surface area is 236 Å². The lowest BCUT2D eigenvalue weighted by Crippen LogP contribution is -2.48. The van der Waals surface area contributed by atoms with E-state index in [0.29, 0.717) is 33.7 Å². The molecule has 5 nitrogen and oxygen atoms in total. The van der Waals surface area contributed by atoms with Crippen LogP contribution < -0.4 is 9.64 Å². The maximum Gasteiger partial charge on any atom is 0.186 e. The third-order valence-corrected chi connectivity index (χ3v) is 8.83. The molecule has 3 atom stereocenters. The first-order chi connectivity index (χ1) is 19.9. The molecular formula is C35H26FNO4. The van der Waals surface area contributed by atoms with Crippen LogP contribution in [0.4, 0.5) is 10.1 Å². The summed E-state index contributed by atoms with van der Waals surface area (Å²) in [6.07, 6.45) is 3.55. The zero-order chi connectivity index (χ0) is 28.5. The first-order valence-electron chi connectivity index (χ1n) is 13.6. The van der Waals surface area contributed by atoms with Crippen molar-refractivity contribution in [2.24, 2.45) is 5.41 Å². The van der Waals surface area contributed by atoms with Crippen molar-refractivity contribution in [2.45, 2.75) is 24.9 Å². The van der Waals surface area contributed by atoms with Gasteiger partial charge in [-0.1, -0.05) is 78.4 Å². The maximum atomic E-state index is 14.7. The van der Waals surface area contributed by atoms with Crippen LogP contribution in [-0.2, 0) is 0 Å². The van der Waals surface area contributed by atoms with Crippen LogP contribution in [0.1, 0.15) is 53.7 Å². The van der Waals surface area contributed by atoms with E-state index in [0.717, 1.165) is 11.1 Å². The molecule has 3 aliphatic rings. The first-order valence-corrected chi connectivity index (χ1v) is 13.6. The largest absolute Gasteiger partial charge is 0.497 e. The van der Waals surface area contributed by atoms with Gasteiger partial charge in [0.05, 0.1) is 13.2 Å². The molecule has 6 heteroatoms. The Morgan fingerprint density at radius 3 is 2.27 bits per heavy atom. The monoisotopic (exact) mass is 543 g/mol. The van der Waals surface area contributed by atoms with Crippen LogP contribution >= 0.6 is 0 Å². The van der Waals surface area contributed by atoms with Crippen LogP contribution in [0.25, 0.3) is 6.08 Å². The predicted octanol–water partition coefficient (Wildman–Crippen LogP) is 6.46. The van der Waals surface area contributed by atoms with E-state index < -0.39 is 29.2 Å². The maximum absolute atomic E-state index is 14.7. The van der Waals surface area contributed by atoms with Crippen molar-refractivity contribution < 1.29 is 23.5 Å². The molecule has 1 fully saturated rings. The molecule has 0 bridgehead atoms. The van der Waals surface area contributed by atoms with E-state index in [2.05, 4.69) is 0 Å². The molecule has 4 aromatic carbocycles. The van der Waals surface area contributed by atoms with E-state index in [9.17, 15) is 18.8 Å². The van der Waals surface area contributed by atoms with E-state index in [1.807, 2.05) is 36.1 Å². The minimum absolute atomic E-state index is 0.251. The molecule has 2 aliphatic heterocycles. The van der Waals surface area contributed by atoms with Gasteiger partial charge in [0.25, 0.3) is 0 Å². The van der Waals surface area contributed by atoms with E-state index in [4.69, 9.17) is 4.74 Å². The average molecular weight is 544 g/mol. The molecule has 41 heavy (non-hydrogen) atoms. The number of methoxy groups -OCH3 is 1. The number of ether oxygens (including phenoxy) is 1. The number of fused-ring (bicyclic) bond motifs is 5.